The fourth-order valence-corrected chi connectivity index (χ4v) is 7.33. The van der Waals surface area contributed by atoms with E-state index < -0.39 is 11.9 Å². The normalized spacial score (nSPS) is 18.0. The second-order valence-electron chi connectivity index (χ2n) is 9.72. The standard InChI is InChI=1S/C29H26Br3NO5/c30-17-9-7-16(8-10-17)15-38-29-19(13-18(31)14-20(29)32)26-27-21(3-1-5-23(27)34)33(12-11-25(36)37)22-4-2-6-24(35)28(22)26/h7-10,13-14,26H,1-6,11-12,15H2,(H,36,37). The largest absolute Gasteiger partial charge is 0.487 e. The van der Waals surface area contributed by atoms with E-state index in [2.05, 4.69) is 47.8 Å². The van der Waals surface area contributed by atoms with Crippen molar-refractivity contribution in [2.75, 3.05) is 6.54 Å². The smallest absolute Gasteiger partial charge is 0.305 e. The van der Waals surface area contributed by atoms with Gasteiger partial charge in [-0.3, -0.25) is 14.4 Å². The average molecular weight is 708 g/mol. The zero-order chi connectivity index (χ0) is 27.0. The van der Waals surface area contributed by atoms with Crippen LogP contribution in [0.25, 0.3) is 0 Å². The number of ketones is 2. The van der Waals surface area contributed by atoms with Gasteiger partial charge in [0.25, 0.3) is 0 Å². The Bertz CT molecular complexity index is 1340. The predicted octanol–water partition coefficient (Wildman–Crippen LogP) is 7.44. The lowest BCUT2D eigenvalue weighted by atomic mass is 9.70. The summed E-state index contributed by atoms with van der Waals surface area (Å²) in [7, 11) is 0. The quantitative estimate of drug-likeness (QED) is 0.322. The van der Waals surface area contributed by atoms with Gasteiger partial charge < -0.3 is 14.7 Å². The monoisotopic (exact) mass is 705 g/mol. The summed E-state index contributed by atoms with van der Waals surface area (Å²) in [5.74, 6) is -0.848. The van der Waals surface area contributed by atoms with Gasteiger partial charge in [-0.2, -0.15) is 0 Å². The summed E-state index contributed by atoms with van der Waals surface area (Å²) in [6.45, 7) is 0.563. The molecular weight excluding hydrogens is 682 g/mol. The fraction of sp³-hybridized carbons (Fsp3) is 0.345. The molecule has 9 heteroatoms. The molecule has 0 saturated carbocycles. The molecule has 198 valence electrons. The molecule has 0 unspecified atom stereocenters. The van der Waals surface area contributed by atoms with Gasteiger partial charge in [0.2, 0.25) is 0 Å². The Morgan fingerprint density at radius 1 is 0.895 bits per heavy atom. The van der Waals surface area contributed by atoms with Crippen LogP contribution in [-0.4, -0.2) is 34.1 Å². The van der Waals surface area contributed by atoms with Crippen molar-refractivity contribution in [2.24, 2.45) is 0 Å². The average Bonchev–Trinajstić information content (AvgIpc) is 2.87. The van der Waals surface area contributed by atoms with Gasteiger partial charge in [0, 0.05) is 62.4 Å². The van der Waals surface area contributed by atoms with Crippen molar-refractivity contribution in [3.8, 4) is 5.75 Å². The van der Waals surface area contributed by atoms with E-state index in [4.69, 9.17) is 4.74 Å². The van der Waals surface area contributed by atoms with Gasteiger partial charge in [0.1, 0.15) is 12.4 Å². The number of carboxylic acids is 1. The lowest BCUT2D eigenvalue weighted by Gasteiger charge is -2.44. The third kappa shape index (κ3) is 5.42. The number of hydrogen-bond donors (Lipinski definition) is 1. The zero-order valence-electron chi connectivity index (χ0n) is 20.6. The van der Waals surface area contributed by atoms with E-state index in [-0.39, 0.29) is 24.5 Å². The minimum atomic E-state index is -0.903. The van der Waals surface area contributed by atoms with E-state index in [1.54, 1.807) is 0 Å². The molecule has 0 bridgehead atoms. The van der Waals surface area contributed by atoms with Crippen molar-refractivity contribution < 1.29 is 24.2 Å². The Balaban J connectivity index is 1.66. The third-order valence-corrected chi connectivity index (χ3v) is 8.86. The summed E-state index contributed by atoms with van der Waals surface area (Å²) in [4.78, 5) is 40.6. The number of carboxylic acid groups (broad SMARTS) is 1. The number of carbonyl (C=O) groups is 3. The highest BCUT2D eigenvalue weighted by Gasteiger charge is 2.44. The van der Waals surface area contributed by atoms with E-state index in [9.17, 15) is 19.5 Å². The number of ether oxygens (including phenoxy) is 1. The first-order valence-electron chi connectivity index (χ1n) is 12.6. The molecule has 0 amide bonds. The second kappa shape index (κ2) is 11.5. The van der Waals surface area contributed by atoms with Crippen LogP contribution in [0, 0.1) is 0 Å². The summed E-state index contributed by atoms with van der Waals surface area (Å²) in [6, 6.07) is 11.7. The van der Waals surface area contributed by atoms with E-state index in [0.29, 0.717) is 62.0 Å². The van der Waals surface area contributed by atoms with Crippen molar-refractivity contribution in [3.05, 3.63) is 83.5 Å². The highest BCUT2D eigenvalue weighted by atomic mass is 79.9. The summed E-state index contributed by atoms with van der Waals surface area (Å²) >= 11 is 10.7. The van der Waals surface area contributed by atoms with E-state index in [1.807, 2.05) is 41.3 Å². The maximum absolute atomic E-state index is 13.6. The van der Waals surface area contributed by atoms with Gasteiger partial charge in [0.15, 0.2) is 11.6 Å². The first-order valence-corrected chi connectivity index (χ1v) is 15.0. The lowest BCUT2D eigenvalue weighted by Crippen LogP contribution is -2.40. The second-order valence-corrected chi connectivity index (χ2v) is 12.4. The molecule has 3 aliphatic rings. The van der Waals surface area contributed by atoms with Crippen LogP contribution in [0.15, 0.2) is 72.4 Å². The number of carbonyl (C=O) groups excluding carboxylic acids is 2. The van der Waals surface area contributed by atoms with Crippen molar-refractivity contribution in [1.82, 2.24) is 4.90 Å². The van der Waals surface area contributed by atoms with Crippen LogP contribution in [-0.2, 0) is 21.0 Å². The zero-order valence-corrected chi connectivity index (χ0v) is 25.3. The number of Topliss-reactive ketones (excluding diaryl/α,β-unsaturated/α-hetero) is 2. The van der Waals surface area contributed by atoms with Gasteiger partial charge in [0.05, 0.1) is 10.9 Å². The van der Waals surface area contributed by atoms with Crippen molar-refractivity contribution >= 4 is 65.3 Å². The van der Waals surface area contributed by atoms with Crippen molar-refractivity contribution in [1.29, 1.82) is 0 Å². The van der Waals surface area contributed by atoms with Crippen LogP contribution < -0.4 is 4.74 Å². The van der Waals surface area contributed by atoms with Crippen LogP contribution in [0.2, 0.25) is 0 Å². The predicted molar refractivity (Wildman–Crippen MR) is 154 cm³/mol. The number of halogens is 3. The van der Waals surface area contributed by atoms with Crippen LogP contribution in [0.4, 0.5) is 0 Å². The van der Waals surface area contributed by atoms with Gasteiger partial charge in [-0.05, 0) is 71.4 Å². The molecule has 6 nitrogen and oxygen atoms in total. The molecule has 38 heavy (non-hydrogen) atoms. The molecule has 2 aromatic rings. The Kier molecular flexibility index (Phi) is 8.26. The maximum Gasteiger partial charge on any atom is 0.305 e. The number of rotatable bonds is 7. The van der Waals surface area contributed by atoms with Crippen LogP contribution in [0.5, 0.6) is 5.75 Å². The topological polar surface area (TPSA) is 83.9 Å². The number of allylic oxidation sites excluding steroid dienone is 4. The molecule has 0 fully saturated rings. The summed E-state index contributed by atoms with van der Waals surface area (Å²) in [5.41, 5.74) is 4.67. The van der Waals surface area contributed by atoms with Crippen molar-refractivity contribution in [2.45, 2.75) is 57.5 Å². The Morgan fingerprint density at radius 2 is 1.50 bits per heavy atom. The summed E-state index contributed by atoms with van der Waals surface area (Å²) in [6.07, 6.45) is 3.51. The summed E-state index contributed by atoms with van der Waals surface area (Å²) in [5, 5.41) is 9.41. The molecule has 0 atom stereocenters. The van der Waals surface area contributed by atoms with E-state index >= 15 is 0 Å². The molecule has 0 spiro atoms. The lowest BCUT2D eigenvalue weighted by molar-refractivity contribution is -0.137. The Labute approximate surface area is 246 Å². The van der Waals surface area contributed by atoms with Crippen LogP contribution in [0.3, 0.4) is 0 Å². The molecule has 2 aromatic carbocycles. The minimum absolute atomic E-state index is 0.0106. The number of hydrogen-bond acceptors (Lipinski definition) is 5. The number of benzene rings is 2. The van der Waals surface area contributed by atoms with E-state index in [1.165, 1.54) is 0 Å². The maximum atomic E-state index is 13.6. The number of aliphatic carboxylic acids is 1. The summed E-state index contributed by atoms with van der Waals surface area (Å²) < 4.78 is 8.90. The fourth-order valence-electron chi connectivity index (χ4n) is 5.69. The molecule has 5 rings (SSSR count). The molecular formula is C29H26Br3NO5. The molecule has 1 aliphatic heterocycles. The van der Waals surface area contributed by atoms with Gasteiger partial charge in [-0.25, -0.2) is 0 Å². The van der Waals surface area contributed by atoms with Gasteiger partial charge in [-0.1, -0.05) is 44.0 Å². The highest BCUT2D eigenvalue weighted by molar-refractivity contribution is 9.11. The SMILES string of the molecule is O=C(O)CCN1C2=C(C(=O)CCC2)C(c2cc(Br)cc(Br)c2OCc2ccc(Br)cc2)C2=C1CCCC2=O. The molecule has 0 aromatic heterocycles. The van der Waals surface area contributed by atoms with Gasteiger partial charge >= 0.3 is 5.97 Å². The van der Waals surface area contributed by atoms with E-state index in [0.717, 1.165) is 35.9 Å². The Morgan fingerprint density at radius 3 is 2.08 bits per heavy atom. The Hall–Kier alpha value is -2.23. The first-order chi connectivity index (χ1) is 18.2. The highest BCUT2D eigenvalue weighted by Crippen LogP contribution is 2.52. The molecule has 2 aliphatic carbocycles. The van der Waals surface area contributed by atoms with Crippen LogP contribution >= 0.6 is 47.8 Å². The first kappa shape index (κ1) is 27.3. The molecule has 1 N–H and O–H groups in total. The van der Waals surface area contributed by atoms with Crippen molar-refractivity contribution in [3.63, 3.8) is 0 Å². The molecule has 0 saturated heterocycles. The number of nitrogens with zero attached hydrogens (tertiary/aromatic N) is 1. The molecule has 1 heterocycles. The molecule has 0 radical (unpaired) electrons. The minimum Gasteiger partial charge on any atom is -0.487 e. The third-order valence-electron chi connectivity index (χ3n) is 7.28. The van der Waals surface area contributed by atoms with Crippen LogP contribution in [0.1, 0.15) is 62.0 Å². The van der Waals surface area contributed by atoms with Gasteiger partial charge in [-0.15, -0.1) is 0 Å².